The summed E-state index contributed by atoms with van der Waals surface area (Å²) in [4.78, 5) is 12.6. The van der Waals surface area contributed by atoms with Gasteiger partial charge < -0.3 is 9.88 Å². The lowest BCUT2D eigenvalue weighted by atomic mass is 10.2. The van der Waals surface area contributed by atoms with Gasteiger partial charge in [-0.05, 0) is 52.9 Å². The summed E-state index contributed by atoms with van der Waals surface area (Å²) in [7, 11) is 0. The Balaban J connectivity index is 1.59. The molecule has 0 radical (unpaired) electrons. The summed E-state index contributed by atoms with van der Waals surface area (Å²) in [5, 5.41) is 2.85. The zero-order valence-corrected chi connectivity index (χ0v) is 15.3. The number of nitrogens with zero attached hydrogens (tertiary/aromatic N) is 1. The Morgan fingerprint density at radius 2 is 2.12 bits per heavy atom. The molecular formula is C18H16BrFN2OS. The van der Waals surface area contributed by atoms with Crippen LogP contribution < -0.4 is 5.32 Å². The summed E-state index contributed by atoms with van der Waals surface area (Å²) in [6.45, 7) is 1.06. The quantitative estimate of drug-likeness (QED) is 0.639. The van der Waals surface area contributed by atoms with Gasteiger partial charge in [0.15, 0.2) is 0 Å². The van der Waals surface area contributed by atoms with Crippen LogP contribution in [0.2, 0.25) is 0 Å². The summed E-state index contributed by atoms with van der Waals surface area (Å²) in [5.41, 5.74) is 2.25. The minimum absolute atomic E-state index is 0.154. The Bertz CT molecular complexity index is 913. The highest BCUT2D eigenvalue weighted by Gasteiger charge is 2.26. The fourth-order valence-corrected chi connectivity index (χ4v) is 4.43. The number of fused-ring (bicyclic) bond motifs is 1. The number of nitrogens with one attached hydrogen (secondary N) is 1. The maximum atomic E-state index is 13.7. The van der Waals surface area contributed by atoms with E-state index < -0.39 is 0 Å². The average Bonchev–Trinajstić information content (AvgIpc) is 3.22. The topological polar surface area (TPSA) is 34.0 Å². The van der Waals surface area contributed by atoms with Crippen molar-refractivity contribution in [3.05, 3.63) is 57.3 Å². The number of aromatic nitrogens is 1. The molecule has 0 atom stereocenters. The molecule has 124 valence electrons. The fraction of sp³-hybridized carbons (Fsp3) is 0.278. The lowest BCUT2D eigenvalue weighted by molar-refractivity contribution is 0.0941. The molecule has 0 spiro atoms. The molecule has 6 heteroatoms. The van der Waals surface area contributed by atoms with Gasteiger partial charge in [0.05, 0.1) is 14.0 Å². The van der Waals surface area contributed by atoms with Crippen LogP contribution in [0, 0.1) is 11.7 Å². The van der Waals surface area contributed by atoms with E-state index in [4.69, 9.17) is 0 Å². The van der Waals surface area contributed by atoms with E-state index in [-0.39, 0.29) is 18.3 Å². The fourth-order valence-electron chi connectivity index (χ4n) is 2.86. The number of benzene rings is 1. The molecule has 1 saturated carbocycles. The molecule has 3 nitrogen and oxygen atoms in total. The standard InChI is InChI=1S/C18H16BrFN2OS/c19-17-8-14-16(24-17)7-15(22(14)10-11-5-6-11)18(23)21-9-12-3-1-2-4-13(12)20/h1-4,7-8,11H,5-6,9-10H2,(H,21,23). The van der Waals surface area contributed by atoms with Crippen LogP contribution in [0.4, 0.5) is 4.39 Å². The van der Waals surface area contributed by atoms with Gasteiger partial charge in [0.2, 0.25) is 0 Å². The van der Waals surface area contributed by atoms with Crippen molar-refractivity contribution < 1.29 is 9.18 Å². The number of hydrogen-bond acceptors (Lipinski definition) is 2. The smallest absolute Gasteiger partial charge is 0.268 e. The molecule has 1 N–H and O–H groups in total. The van der Waals surface area contributed by atoms with Gasteiger partial charge in [0.1, 0.15) is 11.5 Å². The molecule has 3 aromatic rings. The van der Waals surface area contributed by atoms with Crippen molar-refractivity contribution in [1.82, 2.24) is 9.88 Å². The molecule has 0 bridgehead atoms. The minimum atomic E-state index is -0.295. The van der Waals surface area contributed by atoms with Crippen LogP contribution in [0.25, 0.3) is 10.2 Å². The Labute approximate surface area is 151 Å². The first kappa shape index (κ1) is 15.8. The van der Waals surface area contributed by atoms with E-state index in [2.05, 4.69) is 31.9 Å². The van der Waals surface area contributed by atoms with Gasteiger partial charge in [-0.3, -0.25) is 4.79 Å². The number of amides is 1. The van der Waals surface area contributed by atoms with Crippen molar-refractivity contribution >= 4 is 43.4 Å². The third kappa shape index (κ3) is 3.13. The van der Waals surface area contributed by atoms with Gasteiger partial charge in [-0.1, -0.05) is 18.2 Å². The predicted octanol–water partition coefficient (Wildman–Crippen LogP) is 4.94. The van der Waals surface area contributed by atoms with E-state index in [0.717, 1.165) is 20.5 Å². The second kappa shape index (κ2) is 6.33. The summed E-state index contributed by atoms with van der Waals surface area (Å²) in [5.74, 6) is 0.215. The highest BCUT2D eigenvalue weighted by Crippen LogP contribution is 2.36. The molecule has 1 fully saturated rings. The number of thiophene rings is 1. The average molecular weight is 407 g/mol. The third-order valence-electron chi connectivity index (χ3n) is 4.33. The molecule has 1 aliphatic carbocycles. The van der Waals surface area contributed by atoms with Gasteiger partial charge in [-0.15, -0.1) is 11.3 Å². The minimum Gasteiger partial charge on any atom is -0.347 e. The molecule has 0 unspecified atom stereocenters. The number of carbonyl (C=O) groups excluding carboxylic acids is 1. The van der Waals surface area contributed by atoms with Gasteiger partial charge in [-0.2, -0.15) is 0 Å². The van der Waals surface area contributed by atoms with E-state index in [0.29, 0.717) is 17.2 Å². The van der Waals surface area contributed by atoms with Crippen LogP contribution in [0.1, 0.15) is 28.9 Å². The molecule has 2 aromatic heterocycles. The zero-order valence-electron chi connectivity index (χ0n) is 12.9. The molecule has 2 heterocycles. The molecule has 0 aliphatic heterocycles. The van der Waals surface area contributed by atoms with Crippen LogP contribution in [-0.4, -0.2) is 10.5 Å². The first-order valence-corrected chi connectivity index (χ1v) is 9.53. The number of hydrogen-bond donors (Lipinski definition) is 1. The summed E-state index contributed by atoms with van der Waals surface area (Å²) in [6, 6.07) is 10.5. The van der Waals surface area contributed by atoms with Crippen molar-refractivity contribution in [2.75, 3.05) is 0 Å². The second-order valence-electron chi connectivity index (χ2n) is 6.16. The van der Waals surface area contributed by atoms with E-state index in [1.165, 1.54) is 18.9 Å². The normalized spacial score (nSPS) is 14.2. The number of carbonyl (C=O) groups is 1. The molecule has 1 aromatic carbocycles. The Hall–Kier alpha value is -1.66. The van der Waals surface area contributed by atoms with Crippen molar-refractivity contribution in [1.29, 1.82) is 0 Å². The summed E-state index contributed by atoms with van der Waals surface area (Å²) in [6.07, 6.45) is 2.45. The highest BCUT2D eigenvalue weighted by molar-refractivity contribution is 9.11. The van der Waals surface area contributed by atoms with Crippen LogP contribution in [0.3, 0.4) is 0 Å². The van der Waals surface area contributed by atoms with Gasteiger partial charge in [-0.25, -0.2) is 4.39 Å². The highest BCUT2D eigenvalue weighted by atomic mass is 79.9. The molecule has 4 rings (SSSR count). The summed E-state index contributed by atoms with van der Waals surface area (Å²) >= 11 is 5.14. The molecular weight excluding hydrogens is 391 g/mol. The Morgan fingerprint density at radius 3 is 2.88 bits per heavy atom. The van der Waals surface area contributed by atoms with Crippen molar-refractivity contribution in [3.8, 4) is 0 Å². The maximum Gasteiger partial charge on any atom is 0.268 e. The van der Waals surface area contributed by atoms with Gasteiger partial charge >= 0.3 is 0 Å². The van der Waals surface area contributed by atoms with Gasteiger partial charge in [0, 0.05) is 18.7 Å². The van der Waals surface area contributed by atoms with E-state index in [1.807, 2.05) is 6.07 Å². The zero-order chi connectivity index (χ0) is 16.7. The Morgan fingerprint density at radius 1 is 1.33 bits per heavy atom. The van der Waals surface area contributed by atoms with Crippen LogP contribution in [0.15, 0.2) is 40.2 Å². The van der Waals surface area contributed by atoms with Gasteiger partial charge in [0.25, 0.3) is 5.91 Å². The van der Waals surface area contributed by atoms with Crippen molar-refractivity contribution in [3.63, 3.8) is 0 Å². The molecule has 0 saturated heterocycles. The van der Waals surface area contributed by atoms with Crippen LogP contribution in [-0.2, 0) is 13.1 Å². The number of halogens is 2. The van der Waals surface area contributed by atoms with Crippen LogP contribution >= 0.6 is 27.3 Å². The molecule has 1 aliphatic rings. The number of rotatable bonds is 5. The SMILES string of the molecule is O=C(NCc1ccccc1F)c1cc2sc(Br)cc2n1CC1CC1. The Kier molecular flexibility index (Phi) is 4.18. The first-order valence-electron chi connectivity index (χ1n) is 7.92. The maximum absolute atomic E-state index is 13.7. The third-order valence-corrected chi connectivity index (χ3v) is 5.90. The lowest BCUT2D eigenvalue weighted by Crippen LogP contribution is -2.26. The largest absolute Gasteiger partial charge is 0.347 e. The van der Waals surface area contributed by atoms with Crippen molar-refractivity contribution in [2.24, 2.45) is 5.92 Å². The first-order chi connectivity index (χ1) is 11.6. The molecule has 24 heavy (non-hydrogen) atoms. The van der Waals surface area contributed by atoms with Crippen molar-refractivity contribution in [2.45, 2.75) is 25.9 Å². The van der Waals surface area contributed by atoms with E-state index in [9.17, 15) is 9.18 Å². The second-order valence-corrected chi connectivity index (χ2v) is 8.62. The lowest BCUT2D eigenvalue weighted by Gasteiger charge is -2.10. The predicted molar refractivity (Wildman–Crippen MR) is 97.8 cm³/mol. The van der Waals surface area contributed by atoms with E-state index >= 15 is 0 Å². The summed E-state index contributed by atoms with van der Waals surface area (Å²) < 4.78 is 18.0. The van der Waals surface area contributed by atoms with Crippen LogP contribution in [0.5, 0.6) is 0 Å². The monoisotopic (exact) mass is 406 g/mol. The molecule has 1 amide bonds. The van der Waals surface area contributed by atoms with E-state index in [1.54, 1.807) is 29.5 Å².